The molecule has 0 spiro atoms. The van der Waals surface area contributed by atoms with Crippen LogP contribution in [0.1, 0.15) is 36.7 Å². The van der Waals surface area contributed by atoms with Crippen LogP contribution in [0.5, 0.6) is 11.5 Å². The number of benzene rings is 2. The van der Waals surface area contributed by atoms with Crippen LogP contribution in [-0.4, -0.2) is 30.6 Å². The highest BCUT2D eigenvalue weighted by Crippen LogP contribution is 2.31. The Balaban J connectivity index is 1.84. The van der Waals surface area contributed by atoms with Crippen molar-refractivity contribution in [3.05, 3.63) is 56.5 Å². The first-order chi connectivity index (χ1) is 14.5. The predicted molar refractivity (Wildman–Crippen MR) is 130 cm³/mol. The highest BCUT2D eigenvalue weighted by atomic mass is 79.9. The zero-order chi connectivity index (χ0) is 23.2. The molecule has 2 amide bonds. The molecule has 0 aliphatic rings. The molecule has 166 valence electrons. The number of carbonyl (C=O) groups is 2. The zero-order valence-corrected chi connectivity index (χ0v) is 21.5. The fourth-order valence-electron chi connectivity index (χ4n) is 2.45. The number of hydrogen-bond acceptors (Lipinski definition) is 5. The molecule has 0 saturated carbocycles. The molecule has 0 heterocycles. The van der Waals surface area contributed by atoms with Crippen LogP contribution in [0.3, 0.4) is 0 Å². The maximum Gasteiger partial charge on any atom is 0.276 e. The Morgan fingerprint density at radius 2 is 1.71 bits per heavy atom. The highest BCUT2D eigenvalue weighted by Gasteiger charge is 2.16. The molecule has 0 atom stereocenters. The van der Waals surface area contributed by atoms with Crippen LogP contribution in [-0.2, 0) is 10.2 Å². The van der Waals surface area contributed by atoms with Crippen molar-refractivity contribution in [1.29, 1.82) is 0 Å². The lowest BCUT2D eigenvalue weighted by molar-refractivity contribution is -0.123. The summed E-state index contributed by atoms with van der Waals surface area (Å²) in [4.78, 5) is 24.4. The predicted octanol–water partition coefficient (Wildman–Crippen LogP) is 4.23. The smallest absolute Gasteiger partial charge is 0.276 e. The van der Waals surface area contributed by atoms with Gasteiger partial charge in [0.2, 0.25) is 0 Å². The lowest BCUT2D eigenvalue weighted by Crippen LogP contribution is -2.49. The molecule has 0 bridgehead atoms. The second-order valence-electron chi connectivity index (χ2n) is 7.48. The Kier molecular flexibility index (Phi) is 8.84. The number of rotatable bonds is 5. The van der Waals surface area contributed by atoms with Gasteiger partial charge in [-0.3, -0.25) is 25.8 Å². The number of hydrazine groups is 1. The minimum absolute atomic E-state index is 0.00230. The lowest BCUT2D eigenvalue weighted by atomic mass is 9.87. The number of amides is 2. The molecule has 2 rings (SSSR count). The van der Waals surface area contributed by atoms with E-state index in [1.165, 1.54) is 7.11 Å². The van der Waals surface area contributed by atoms with Gasteiger partial charge in [-0.15, -0.1) is 0 Å². The summed E-state index contributed by atoms with van der Waals surface area (Å²) in [6.07, 6.45) is 0. The second kappa shape index (κ2) is 10.9. The fraction of sp³-hybridized carbons (Fsp3) is 0.286. The first kappa shape index (κ1) is 25.1. The van der Waals surface area contributed by atoms with Gasteiger partial charge in [0, 0.05) is 4.47 Å². The molecule has 0 saturated heterocycles. The summed E-state index contributed by atoms with van der Waals surface area (Å²) < 4.78 is 12.2. The Hall–Kier alpha value is -2.17. The first-order valence-corrected chi connectivity index (χ1v) is 11.2. The van der Waals surface area contributed by atoms with Gasteiger partial charge in [0.15, 0.2) is 11.7 Å². The Morgan fingerprint density at radius 1 is 1.03 bits per heavy atom. The molecule has 0 fully saturated rings. The van der Waals surface area contributed by atoms with Crippen molar-refractivity contribution in [2.75, 3.05) is 13.7 Å². The van der Waals surface area contributed by atoms with Crippen molar-refractivity contribution in [3.8, 4) is 11.5 Å². The second-order valence-corrected chi connectivity index (χ2v) is 9.66. The summed E-state index contributed by atoms with van der Waals surface area (Å²) in [6.45, 7) is 6.10. The molecule has 0 unspecified atom stereocenters. The van der Waals surface area contributed by atoms with Crippen LogP contribution in [0.25, 0.3) is 0 Å². The number of ether oxygens (including phenoxy) is 2. The van der Waals surface area contributed by atoms with Gasteiger partial charge in [0.1, 0.15) is 11.5 Å². The number of carbonyl (C=O) groups excluding carboxylic acids is 2. The number of halogens is 2. The van der Waals surface area contributed by atoms with Crippen molar-refractivity contribution >= 4 is 61.0 Å². The Bertz CT molecular complexity index is 993. The van der Waals surface area contributed by atoms with E-state index in [2.05, 4.69) is 68.8 Å². The van der Waals surface area contributed by atoms with E-state index in [0.29, 0.717) is 21.5 Å². The van der Waals surface area contributed by atoms with Crippen LogP contribution in [0, 0.1) is 0 Å². The molecule has 0 radical (unpaired) electrons. The molecular formula is C21H23Br2N3O4S. The minimum Gasteiger partial charge on any atom is -0.496 e. The molecule has 0 aromatic heterocycles. The number of hydrogen-bond donors (Lipinski definition) is 3. The third-order valence-corrected chi connectivity index (χ3v) is 5.42. The van der Waals surface area contributed by atoms with E-state index in [-0.39, 0.29) is 17.1 Å². The van der Waals surface area contributed by atoms with Gasteiger partial charge in [-0.2, -0.15) is 0 Å². The van der Waals surface area contributed by atoms with Crippen LogP contribution < -0.4 is 25.6 Å². The molecule has 2 aromatic rings. The van der Waals surface area contributed by atoms with Crippen molar-refractivity contribution < 1.29 is 19.1 Å². The average molecular weight is 573 g/mol. The Labute approximate surface area is 203 Å². The van der Waals surface area contributed by atoms with Crippen LogP contribution in [0.2, 0.25) is 0 Å². The van der Waals surface area contributed by atoms with Gasteiger partial charge in [-0.25, -0.2) is 0 Å². The van der Waals surface area contributed by atoms with Crippen molar-refractivity contribution in [2.24, 2.45) is 0 Å². The number of thiocarbonyl (C=S) groups is 1. The summed E-state index contributed by atoms with van der Waals surface area (Å²) in [5.74, 6) is -0.0165. The van der Waals surface area contributed by atoms with E-state index in [4.69, 9.17) is 21.7 Å². The van der Waals surface area contributed by atoms with Gasteiger partial charge < -0.3 is 9.47 Å². The third-order valence-electron chi connectivity index (χ3n) is 4.11. The normalized spacial score (nSPS) is 10.8. The monoisotopic (exact) mass is 571 g/mol. The van der Waals surface area contributed by atoms with E-state index in [1.54, 1.807) is 18.2 Å². The quantitative estimate of drug-likeness (QED) is 0.367. The fourth-order valence-corrected chi connectivity index (χ4v) is 3.45. The van der Waals surface area contributed by atoms with Gasteiger partial charge >= 0.3 is 0 Å². The number of nitrogens with one attached hydrogen (secondary N) is 3. The first-order valence-electron chi connectivity index (χ1n) is 9.18. The maximum absolute atomic E-state index is 12.4. The Morgan fingerprint density at radius 3 is 2.32 bits per heavy atom. The summed E-state index contributed by atoms with van der Waals surface area (Å²) in [6, 6.07) is 10.7. The average Bonchev–Trinajstić information content (AvgIpc) is 2.70. The van der Waals surface area contributed by atoms with Crippen LogP contribution in [0.4, 0.5) is 0 Å². The SMILES string of the molecule is COc1ccc(Br)cc1C(=O)NC(=S)NNC(=O)COc1ccc(C(C)(C)C)cc1Br. The van der Waals surface area contributed by atoms with Gasteiger partial charge in [0.25, 0.3) is 11.8 Å². The molecular weight excluding hydrogens is 550 g/mol. The molecule has 10 heteroatoms. The topological polar surface area (TPSA) is 88.7 Å². The summed E-state index contributed by atoms with van der Waals surface area (Å²) in [7, 11) is 1.46. The molecule has 3 N–H and O–H groups in total. The van der Waals surface area contributed by atoms with Crippen molar-refractivity contribution in [1.82, 2.24) is 16.2 Å². The minimum atomic E-state index is -0.482. The van der Waals surface area contributed by atoms with Gasteiger partial charge in [-0.05, 0) is 69.5 Å². The van der Waals surface area contributed by atoms with Gasteiger partial charge in [0.05, 0.1) is 17.1 Å². The summed E-state index contributed by atoms with van der Waals surface area (Å²) in [5.41, 5.74) is 6.28. The molecule has 31 heavy (non-hydrogen) atoms. The van der Waals surface area contributed by atoms with Crippen LogP contribution in [0.15, 0.2) is 45.3 Å². The molecule has 0 aliphatic carbocycles. The zero-order valence-electron chi connectivity index (χ0n) is 17.5. The van der Waals surface area contributed by atoms with E-state index >= 15 is 0 Å². The summed E-state index contributed by atoms with van der Waals surface area (Å²) in [5, 5.41) is 2.40. The lowest BCUT2D eigenvalue weighted by Gasteiger charge is -2.20. The maximum atomic E-state index is 12.4. The molecule has 2 aromatic carbocycles. The van der Waals surface area contributed by atoms with Crippen molar-refractivity contribution in [2.45, 2.75) is 26.2 Å². The van der Waals surface area contributed by atoms with E-state index in [0.717, 1.165) is 10.0 Å². The van der Waals surface area contributed by atoms with E-state index < -0.39 is 11.8 Å². The standard InChI is InChI=1S/C21H23Br2N3O4S/c1-21(2,3)12-5-7-17(15(23)9-12)30-11-18(27)25-26-20(31)24-19(28)14-10-13(22)6-8-16(14)29-4/h5-10H,11H2,1-4H3,(H,25,27)(H2,24,26,28,31). The third kappa shape index (κ3) is 7.48. The molecule has 7 nitrogen and oxygen atoms in total. The number of methoxy groups -OCH3 is 1. The highest BCUT2D eigenvalue weighted by molar-refractivity contribution is 9.10. The molecule has 0 aliphatic heterocycles. The largest absolute Gasteiger partial charge is 0.496 e. The van der Waals surface area contributed by atoms with E-state index in [1.807, 2.05) is 18.2 Å². The van der Waals surface area contributed by atoms with Crippen molar-refractivity contribution in [3.63, 3.8) is 0 Å². The van der Waals surface area contributed by atoms with E-state index in [9.17, 15) is 9.59 Å². The van der Waals surface area contributed by atoms with Crippen LogP contribution >= 0.6 is 44.1 Å². The summed E-state index contributed by atoms with van der Waals surface area (Å²) >= 11 is 11.8. The van der Waals surface area contributed by atoms with Gasteiger partial charge in [-0.1, -0.05) is 42.8 Å².